The molecule has 8 heteroatoms. The van der Waals surface area contributed by atoms with E-state index in [9.17, 15) is 4.79 Å². The van der Waals surface area contributed by atoms with Gasteiger partial charge in [0, 0.05) is 34.0 Å². The van der Waals surface area contributed by atoms with Crippen molar-refractivity contribution in [3.8, 4) is 0 Å². The smallest absolute Gasteiger partial charge is 0.207 e. The maximum absolute atomic E-state index is 10.1. The fraction of sp³-hybridized carbons (Fsp3) is 0.981. The number of hydrogen-bond acceptors (Lipinski definition) is 7. The van der Waals surface area contributed by atoms with Crippen LogP contribution < -0.4 is 5.32 Å². The van der Waals surface area contributed by atoms with E-state index < -0.39 is 0 Å². The summed E-state index contributed by atoms with van der Waals surface area (Å²) in [5.74, 6) is 0. The number of ether oxygens (including phenoxy) is 6. The summed E-state index contributed by atoms with van der Waals surface area (Å²) < 4.78 is 35.1. The minimum Gasteiger partial charge on any atom is -0.382 e. The SMILES string of the molecule is CCCCCCCCCCCCCCCCCCOC1COC(COC)C1OCCCCCCCCCCCCCCCCCC.COC(C)(C)COC(C)(C)CCNC=O. The Bertz CT molecular complexity index is 887. The Morgan fingerprint density at radius 2 is 0.918 bits per heavy atom. The minimum atomic E-state index is -0.268. The number of nitrogens with one attached hydrogen (secondary N) is 1. The van der Waals surface area contributed by atoms with Crippen molar-refractivity contribution in [3.05, 3.63) is 0 Å². The van der Waals surface area contributed by atoms with E-state index in [0.29, 0.717) is 32.8 Å². The fourth-order valence-corrected chi connectivity index (χ4v) is 8.00. The zero-order valence-corrected chi connectivity index (χ0v) is 42.2. The highest BCUT2D eigenvalue weighted by Crippen LogP contribution is 2.23. The van der Waals surface area contributed by atoms with Gasteiger partial charge in [-0.1, -0.05) is 206 Å². The monoisotopic (exact) mass is 870 g/mol. The number of carbonyl (C=O) groups is 1. The van der Waals surface area contributed by atoms with Crippen LogP contribution in [-0.2, 0) is 33.2 Å². The van der Waals surface area contributed by atoms with Crippen molar-refractivity contribution in [1.29, 1.82) is 0 Å². The largest absolute Gasteiger partial charge is 0.382 e. The Morgan fingerprint density at radius 1 is 0.541 bits per heavy atom. The molecule has 1 rings (SSSR count). The summed E-state index contributed by atoms with van der Waals surface area (Å²) >= 11 is 0. The van der Waals surface area contributed by atoms with Crippen molar-refractivity contribution in [2.45, 2.75) is 283 Å². The molecule has 366 valence electrons. The van der Waals surface area contributed by atoms with E-state index in [4.69, 9.17) is 28.4 Å². The molecule has 1 heterocycles. The van der Waals surface area contributed by atoms with E-state index in [-0.39, 0.29) is 29.5 Å². The predicted octanol–water partition coefficient (Wildman–Crippen LogP) is 14.7. The first kappa shape index (κ1) is 60.2. The highest BCUT2D eigenvalue weighted by molar-refractivity contribution is 5.45. The Hall–Kier alpha value is -0.770. The third-order valence-electron chi connectivity index (χ3n) is 12.5. The number of carbonyl (C=O) groups excluding carboxylic acids is 1. The van der Waals surface area contributed by atoms with Crippen molar-refractivity contribution in [1.82, 2.24) is 5.32 Å². The Morgan fingerprint density at radius 3 is 1.28 bits per heavy atom. The minimum absolute atomic E-state index is 0.00172. The summed E-state index contributed by atoms with van der Waals surface area (Å²) in [6, 6.07) is 0. The van der Waals surface area contributed by atoms with Crippen LogP contribution in [0.25, 0.3) is 0 Å². The van der Waals surface area contributed by atoms with Crippen LogP contribution in [0.4, 0.5) is 0 Å². The Kier molecular flexibility index (Phi) is 43.9. The number of methoxy groups -OCH3 is 2. The molecule has 3 unspecified atom stereocenters. The molecule has 3 atom stereocenters. The van der Waals surface area contributed by atoms with Crippen LogP contribution in [0.15, 0.2) is 0 Å². The second kappa shape index (κ2) is 44.4. The average molecular weight is 870 g/mol. The van der Waals surface area contributed by atoms with Crippen molar-refractivity contribution < 1.29 is 33.2 Å². The van der Waals surface area contributed by atoms with E-state index in [1.807, 2.05) is 27.7 Å². The van der Waals surface area contributed by atoms with Gasteiger partial charge in [0.05, 0.1) is 31.0 Å². The molecule has 1 saturated heterocycles. The van der Waals surface area contributed by atoms with E-state index in [1.165, 1.54) is 193 Å². The molecule has 0 aromatic heterocycles. The Balaban J connectivity index is 0.00000202. The van der Waals surface area contributed by atoms with Crippen molar-refractivity contribution in [2.24, 2.45) is 0 Å². The average Bonchev–Trinajstić information content (AvgIpc) is 3.63. The molecule has 1 amide bonds. The molecule has 61 heavy (non-hydrogen) atoms. The summed E-state index contributed by atoms with van der Waals surface area (Å²) in [6.45, 7) is 16.6. The maximum atomic E-state index is 10.1. The van der Waals surface area contributed by atoms with Crippen LogP contribution in [0.3, 0.4) is 0 Å². The van der Waals surface area contributed by atoms with Crippen molar-refractivity contribution in [2.75, 3.05) is 53.8 Å². The normalized spacial score (nSPS) is 16.8. The van der Waals surface area contributed by atoms with Crippen molar-refractivity contribution in [3.63, 3.8) is 0 Å². The molecule has 1 aliphatic rings. The van der Waals surface area contributed by atoms with Gasteiger partial charge in [-0.3, -0.25) is 4.79 Å². The van der Waals surface area contributed by atoms with E-state index >= 15 is 0 Å². The van der Waals surface area contributed by atoms with Gasteiger partial charge in [0.2, 0.25) is 6.41 Å². The van der Waals surface area contributed by atoms with Crippen LogP contribution in [0, 0.1) is 0 Å². The highest BCUT2D eigenvalue weighted by Gasteiger charge is 2.38. The van der Waals surface area contributed by atoms with Gasteiger partial charge in [-0.05, 0) is 47.0 Å². The molecule has 0 spiro atoms. The van der Waals surface area contributed by atoms with Crippen LogP contribution >= 0.6 is 0 Å². The second-order valence-corrected chi connectivity index (χ2v) is 19.5. The van der Waals surface area contributed by atoms with E-state index in [0.717, 1.165) is 32.5 Å². The van der Waals surface area contributed by atoms with Gasteiger partial charge >= 0.3 is 0 Å². The molecule has 0 radical (unpaired) electrons. The highest BCUT2D eigenvalue weighted by atomic mass is 16.6. The molecule has 0 saturated carbocycles. The third kappa shape index (κ3) is 40.5. The number of unbranched alkanes of at least 4 members (excludes halogenated alkanes) is 30. The molecule has 1 aliphatic heterocycles. The lowest BCUT2D eigenvalue weighted by atomic mass is 10.0. The van der Waals surface area contributed by atoms with Crippen LogP contribution in [-0.4, -0.2) is 89.7 Å². The predicted molar refractivity (Wildman–Crippen MR) is 260 cm³/mol. The van der Waals surface area contributed by atoms with Gasteiger partial charge < -0.3 is 33.7 Å². The summed E-state index contributed by atoms with van der Waals surface area (Å²) in [5.41, 5.74) is -0.513. The number of hydrogen-bond donors (Lipinski definition) is 1. The van der Waals surface area contributed by atoms with Crippen LogP contribution in [0.1, 0.15) is 253 Å². The van der Waals surface area contributed by atoms with Gasteiger partial charge in [0.15, 0.2) is 0 Å². The lowest BCUT2D eigenvalue weighted by Crippen LogP contribution is -2.37. The quantitative estimate of drug-likeness (QED) is 0.0482. The molecule has 8 nitrogen and oxygen atoms in total. The molecule has 0 aromatic rings. The summed E-state index contributed by atoms with van der Waals surface area (Å²) in [7, 11) is 3.42. The first-order valence-electron chi connectivity index (χ1n) is 26.4. The van der Waals surface area contributed by atoms with Gasteiger partial charge in [-0.15, -0.1) is 0 Å². The zero-order chi connectivity index (χ0) is 45.0. The molecule has 0 bridgehead atoms. The number of amides is 1. The van der Waals surface area contributed by atoms with Gasteiger partial charge in [-0.25, -0.2) is 0 Å². The molecular weight excluding hydrogens is 763 g/mol. The lowest BCUT2D eigenvalue weighted by Gasteiger charge is -2.31. The maximum Gasteiger partial charge on any atom is 0.207 e. The molecule has 1 fully saturated rings. The lowest BCUT2D eigenvalue weighted by molar-refractivity contribution is -0.113. The first-order chi connectivity index (χ1) is 29.7. The first-order valence-corrected chi connectivity index (χ1v) is 26.4. The van der Waals surface area contributed by atoms with Crippen LogP contribution in [0.5, 0.6) is 0 Å². The molecule has 1 N–H and O–H groups in total. The van der Waals surface area contributed by atoms with Crippen molar-refractivity contribution >= 4 is 6.41 Å². The van der Waals surface area contributed by atoms with Gasteiger partial charge in [0.25, 0.3) is 0 Å². The summed E-state index contributed by atoms with van der Waals surface area (Å²) in [4.78, 5) is 10.1. The van der Waals surface area contributed by atoms with Gasteiger partial charge in [-0.2, -0.15) is 0 Å². The topological polar surface area (TPSA) is 84.5 Å². The Labute approximate surface area is 380 Å². The standard InChI is InChI=1S/C42H84O4.C11H23NO3/c1-4-6-8-10-12-14-16-18-20-22-24-26-28-30-32-34-36-44-41-39-46-40(38-43-3)42(41)45-37-35-33-31-29-27-25-23-21-19-17-15-13-11-9-7-5-2;1-10(2,6-7-12-9-13)15-8-11(3,4)14-5/h40-42H,4-39H2,1-3H3;9H,6-8H2,1-5H3,(H,12,13). The zero-order valence-electron chi connectivity index (χ0n) is 42.2. The van der Waals surface area contributed by atoms with E-state index in [1.54, 1.807) is 14.2 Å². The fourth-order valence-electron chi connectivity index (χ4n) is 8.00. The summed E-state index contributed by atoms with van der Waals surface area (Å²) in [6.07, 6.45) is 46.2. The van der Waals surface area contributed by atoms with E-state index in [2.05, 4.69) is 19.2 Å². The second-order valence-electron chi connectivity index (χ2n) is 19.5. The van der Waals surface area contributed by atoms with Gasteiger partial charge in [0.1, 0.15) is 18.3 Å². The summed E-state index contributed by atoms with van der Waals surface area (Å²) in [5, 5.41) is 2.62. The molecule has 0 aliphatic carbocycles. The molecule has 0 aromatic carbocycles. The number of rotatable bonds is 46. The third-order valence-corrected chi connectivity index (χ3v) is 12.5. The molecular formula is C53H107NO7. The van der Waals surface area contributed by atoms with Crippen LogP contribution in [0.2, 0.25) is 0 Å².